The summed E-state index contributed by atoms with van der Waals surface area (Å²) in [6.07, 6.45) is 5.59. The van der Waals surface area contributed by atoms with E-state index in [-0.39, 0.29) is 12.7 Å². The van der Waals surface area contributed by atoms with Gasteiger partial charge in [0.05, 0.1) is 0 Å². The second kappa shape index (κ2) is 8.13. The Labute approximate surface area is 90.1 Å². The van der Waals surface area contributed by atoms with Crippen LogP contribution in [0.1, 0.15) is 20.3 Å². The fourth-order valence-electron chi connectivity index (χ4n) is 0.936. The van der Waals surface area contributed by atoms with Gasteiger partial charge in [-0.1, -0.05) is 18.2 Å². The third kappa shape index (κ3) is 6.28. The Balaban J connectivity index is 4.38. The van der Waals surface area contributed by atoms with Crippen LogP contribution in [0.15, 0.2) is 23.8 Å². The monoisotopic (exact) mass is 237 g/mol. The molecule has 0 aliphatic carbocycles. The van der Waals surface area contributed by atoms with E-state index in [1.54, 1.807) is 0 Å². The Morgan fingerprint density at radius 1 is 1.71 bits per heavy atom. The molecule has 0 rings (SSSR count). The zero-order valence-electron chi connectivity index (χ0n) is 8.31. The second-order valence-corrected chi connectivity index (χ2v) is 4.22. The molecule has 0 bridgehead atoms. The molecule has 0 radical (unpaired) electrons. The molecule has 0 spiro atoms. The minimum atomic E-state index is -2.15. The van der Waals surface area contributed by atoms with E-state index >= 15 is 0 Å². The molecule has 0 aromatic rings. The van der Waals surface area contributed by atoms with Crippen molar-refractivity contribution in [1.82, 2.24) is 0 Å². The van der Waals surface area contributed by atoms with E-state index in [0.29, 0.717) is 6.42 Å². The van der Waals surface area contributed by atoms with Crippen LogP contribution in [0.4, 0.5) is 0 Å². The van der Waals surface area contributed by atoms with Crippen LogP contribution in [0, 0.1) is 0 Å². The molecule has 1 N–H and O–H groups in total. The minimum absolute atomic E-state index is 0.0221. The SMILES string of the molecule is C/C=C\C=C(/C)[C@H](CCO)O[P+](=O)Cl. The van der Waals surface area contributed by atoms with Crippen LogP contribution in [-0.2, 0) is 9.09 Å². The van der Waals surface area contributed by atoms with E-state index in [0.717, 1.165) is 5.57 Å². The van der Waals surface area contributed by atoms with Gasteiger partial charge in [0, 0.05) is 13.0 Å². The van der Waals surface area contributed by atoms with E-state index in [1.165, 1.54) is 0 Å². The molecule has 1 unspecified atom stereocenters. The highest BCUT2D eigenvalue weighted by Crippen LogP contribution is 2.32. The molecule has 3 nitrogen and oxygen atoms in total. The maximum Gasteiger partial charge on any atom is 0.634 e. The highest BCUT2D eigenvalue weighted by Gasteiger charge is 2.23. The largest absolute Gasteiger partial charge is 0.634 e. The quantitative estimate of drug-likeness (QED) is 0.570. The van der Waals surface area contributed by atoms with Gasteiger partial charge in [-0.05, 0) is 24.0 Å². The predicted octanol–water partition coefficient (Wildman–Crippen LogP) is 3.17. The third-order valence-electron chi connectivity index (χ3n) is 1.66. The van der Waals surface area contributed by atoms with Gasteiger partial charge in [-0.15, -0.1) is 4.52 Å². The number of hydrogen-bond donors (Lipinski definition) is 1. The van der Waals surface area contributed by atoms with Crippen molar-refractivity contribution in [2.24, 2.45) is 0 Å². The maximum absolute atomic E-state index is 10.7. The normalized spacial score (nSPS) is 16.0. The van der Waals surface area contributed by atoms with Crippen molar-refractivity contribution in [1.29, 1.82) is 0 Å². The Bertz CT molecular complexity index is 238. The van der Waals surface area contributed by atoms with Gasteiger partial charge < -0.3 is 5.11 Å². The fraction of sp³-hybridized carbons (Fsp3) is 0.556. The molecule has 0 saturated heterocycles. The fourth-order valence-corrected chi connectivity index (χ4v) is 1.70. The number of allylic oxidation sites excluding steroid dienone is 3. The van der Waals surface area contributed by atoms with Crippen molar-refractivity contribution >= 4 is 18.6 Å². The lowest BCUT2D eigenvalue weighted by atomic mass is 10.1. The summed E-state index contributed by atoms with van der Waals surface area (Å²) in [4.78, 5) is 0. The minimum Gasteiger partial charge on any atom is -0.396 e. The lowest BCUT2D eigenvalue weighted by molar-refractivity contribution is 0.192. The number of halogens is 1. The number of hydrogen-bond acceptors (Lipinski definition) is 3. The summed E-state index contributed by atoms with van der Waals surface area (Å²) >= 11 is 5.25. The molecule has 0 amide bonds. The van der Waals surface area contributed by atoms with Crippen molar-refractivity contribution in [3.63, 3.8) is 0 Å². The van der Waals surface area contributed by atoms with Crippen LogP contribution >= 0.6 is 18.6 Å². The van der Waals surface area contributed by atoms with Crippen LogP contribution in [0.2, 0.25) is 0 Å². The zero-order valence-corrected chi connectivity index (χ0v) is 9.96. The molecule has 14 heavy (non-hydrogen) atoms. The van der Waals surface area contributed by atoms with Crippen LogP contribution in [0.5, 0.6) is 0 Å². The smallest absolute Gasteiger partial charge is 0.396 e. The standard InChI is InChI=1S/C9H15ClO3P/c1-3-4-5-8(2)9(6-7-11)13-14(10)12/h3-5,9,11H,6-7H2,1-2H3/q+1/b4-3-,8-5+/t9-/m0/s1. The molecule has 0 heterocycles. The molecule has 0 saturated carbocycles. The lowest BCUT2D eigenvalue weighted by Gasteiger charge is -2.08. The summed E-state index contributed by atoms with van der Waals surface area (Å²) in [5.74, 6) is 0. The van der Waals surface area contributed by atoms with Crippen molar-refractivity contribution in [3.8, 4) is 0 Å². The predicted molar refractivity (Wildman–Crippen MR) is 58.6 cm³/mol. The highest BCUT2D eigenvalue weighted by atomic mass is 35.7. The lowest BCUT2D eigenvalue weighted by Crippen LogP contribution is -2.12. The van der Waals surface area contributed by atoms with Gasteiger partial charge in [0.25, 0.3) is 0 Å². The summed E-state index contributed by atoms with van der Waals surface area (Å²) in [5.41, 5.74) is 0.890. The van der Waals surface area contributed by atoms with E-state index < -0.39 is 7.38 Å². The molecular formula is C9H15ClO3P+. The number of aliphatic hydroxyl groups excluding tert-OH is 1. The summed E-state index contributed by atoms with van der Waals surface area (Å²) in [6, 6.07) is 0. The molecular weight excluding hydrogens is 223 g/mol. The van der Waals surface area contributed by atoms with Crippen molar-refractivity contribution in [3.05, 3.63) is 23.8 Å². The second-order valence-electron chi connectivity index (χ2n) is 2.76. The molecule has 0 aliphatic heterocycles. The molecule has 0 aromatic heterocycles. The topological polar surface area (TPSA) is 46.5 Å². The van der Waals surface area contributed by atoms with Crippen LogP contribution < -0.4 is 0 Å². The zero-order chi connectivity index (χ0) is 11.0. The average molecular weight is 238 g/mol. The Kier molecular flexibility index (Phi) is 8.01. The van der Waals surface area contributed by atoms with Gasteiger partial charge in [0.1, 0.15) is 6.10 Å². The van der Waals surface area contributed by atoms with E-state index in [9.17, 15) is 4.57 Å². The average Bonchev–Trinajstić information content (AvgIpc) is 2.13. The summed E-state index contributed by atoms with van der Waals surface area (Å²) < 4.78 is 15.6. The van der Waals surface area contributed by atoms with E-state index in [2.05, 4.69) is 0 Å². The van der Waals surface area contributed by atoms with E-state index in [4.69, 9.17) is 20.9 Å². The van der Waals surface area contributed by atoms with Gasteiger partial charge in [-0.3, -0.25) is 0 Å². The first-order valence-electron chi connectivity index (χ1n) is 4.32. The molecule has 0 aliphatic rings. The molecule has 0 fully saturated rings. The summed E-state index contributed by atoms with van der Waals surface area (Å²) in [5, 5.41) is 8.76. The summed E-state index contributed by atoms with van der Waals surface area (Å²) in [7, 11) is -2.15. The Morgan fingerprint density at radius 2 is 2.36 bits per heavy atom. The van der Waals surface area contributed by atoms with Gasteiger partial charge in [0.15, 0.2) is 0 Å². The molecule has 0 aromatic carbocycles. The maximum atomic E-state index is 10.7. The Morgan fingerprint density at radius 3 is 2.79 bits per heavy atom. The van der Waals surface area contributed by atoms with Gasteiger partial charge in [-0.2, -0.15) is 0 Å². The molecule has 2 atom stereocenters. The van der Waals surface area contributed by atoms with Crippen LogP contribution in [0.3, 0.4) is 0 Å². The number of aliphatic hydroxyl groups is 1. The Hall–Kier alpha value is -0.210. The first-order chi connectivity index (χ1) is 6.61. The van der Waals surface area contributed by atoms with Crippen molar-refractivity contribution in [2.45, 2.75) is 26.4 Å². The van der Waals surface area contributed by atoms with Crippen molar-refractivity contribution in [2.75, 3.05) is 6.61 Å². The highest BCUT2D eigenvalue weighted by molar-refractivity contribution is 7.69. The van der Waals surface area contributed by atoms with Crippen LogP contribution in [-0.4, -0.2) is 17.8 Å². The molecule has 80 valence electrons. The van der Waals surface area contributed by atoms with Gasteiger partial charge in [-0.25, -0.2) is 0 Å². The first kappa shape index (κ1) is 13.8. The first-order valence-corrected chi connectivity index (χ1v) is 6.40. The van der Waals surface area contributed by atoms with Gasteiger partial charge >= 0.3 is 7.38 Å². The van der Waals surface area contributed by atoms with E-state index in [1.807, 2.05) is 32.1 Å². The van der Waals surface area contributed by atoms with Crippen molar-refractivity contribution < 1.29 is 14.2 Å². The molecule has 5 heteroatoms. The summed E-state index contributed by atoms with van der Waals surface area (Å²) in [6.45, 7) is 3.72. The van der Waals surface area contributed by atoms with Gasteiger partial charge in [0.2, 0.25) is 11.2 Å². The number of rotatable bonds is 6. The van der Waals surface area contributed by atoms with Crippen LogP contribution in [0.25, 0.3) is 0 Å². The third-order valence-corrected chi connectivity index (χ3v) is 2.32.